The van der Waals surface area contributed by atoms with Gasteiger partial charge in [-0.15, -0.1) is 0 Å². The molecule has 3 aliphatic heterocycles. The van der Waals surface area contributed by atoms with E-state index in [0.29, 0.717) is 60.0 Å². The van der Waals surface area contributed by atoms with Gasteiger partial charge in [-0.3, -0.25) is 19.1 Å². The van der Waals surface area contributed by atoms with Gasteiger partial charge < -0.3 is 30.1 Å². The molecule has 4 heterocycles. The van der Waals surface area contributed by atoms with E-state index in [1.807, 2.05) is 26.0 Å². The van der Waals surface area contributed by atoms with Gasteiger partial charge in [-0.25, -0.2) is 22.6 Å². The lowest BCUT2D eigenvalue weighted by Crippen LogP contribution is -2.58. The third kappa shape index (κ3) is 6.74. The Morgan fingerprint density at radius 3 is 2.59 bits per heavy atom. The van der Waals surface area contributed by atoms with Gasteiger partial charge in [-0.2, -0.15) is 0 Å². The maximum Gasteiger partial charge on any atom is 0.405 e. The molecular formula is C38H48FN5O9S. The lowest BCUT2D eigenvalue weighted by Gasteiger charge is -2.39. The number of methoxy groups -OCH3 is 1. The van der Waals surface area contributed by atoms with Crippen LogP contribution in [0, 0.1) is 5.92 Å². The summed E-state index contributed by atoms with van der Waals surface area (Å²) in [6, 6.07) is 2.69. The molecule has 4 N–H and O–H groups in total. The SMILES string of the molecule is COc1ccc2nc(C(C)C)c3c(c2c1)[C@H](F)C[C@]1(C[C@H]2C(=O)N[C@]4(C(=O)NS(=O)(=O)C5(C)CC5)C[C@H]4C=CCCCCC[C@H](NC(=O)O)C(=O)N2C1)O3. The normalized spacial score (nSPS) is 30.6. The van der Waals surface area contributed by atoms with Crippen LogP contribution >= 0.6 is 0 Å². The first-order valence-corrected chi connectivity index (χ1v) is 20.2. The number of ether oxygens (including phenoxy) is 2. The van der Waals surface area contributed by atoms with Crippen molar-refractivity contribution in [2.45, 2.75) is 125 Å². The number of hydrogen-bond donors (Lipinski definition) is 4. The van der Waals surface area contributed by atoms with Crippen molar-refractivity contribution in [1.82, 2.24) is 25.2 Å². The average Bonchev–Trinajstić information content (AvgIpc) is 4.00. The molecule has 4 amide bonds. The number of nitrogens with one attached hydrogen (secondary N) is 3. The number of alkyl halides is 1. The fourth-order valence-corrected chi connectivity index (χ4v) is 9.56. The molecule has 6 atom stereocenters. The lowest BCUT2D eigenvalue weighted by molar-refractivity contribution is -0.141. The van der Waals surface area contributed by atoms with Crippen molar-refractivity contribution in [3.05, 3.63) is 41.6 Å². The van der Waals surface area contributed by atoms with Crippen LogP contribution in [0.2, 0.25) is 0 Å². The number of amides is 4. The first kappa shape index (κ1) is 37.8. The highest BCUT2D eigenvalue weighted by molar-refractivity contribution is 7.91. The molecule has 0 radical (unpaired) electrons. The molecule has 0 unspecified atom stereocenters. The first-order valence-electron chi connectivity index (χ1n) is 18.7. The van der Waals surface area contributed by atoms with E-state index in [0.717, 1.165) is 6.42 Å². The van der Waals surface area contributed by atoms with Gasteiger partial charge in [0.1, 0.15) is 40.9 Å². The topological polar surface area (TPSA) is 193 Å². The van der Waals surface area contributed by atoms with E-state index in [1.54, 1.807) is 25.1 Å². The number of nitrogens with zero attached hydrogens (tertiary/aromatic N) is 2. The Morgan fingerprint density at radius 2 is 1.91 bits per heavy atom. The fourth-order valence-electron chi connectivity index (χ4n) is 8.25. The van der Waals surface area contributed by atoms with Crippen LogP contribution < -0.4 is 24.8 Å². The van der Waals surface area contributed by atoms with Crippen molar-refractivity contribution in [2.24, 2.45) is 5.92 Å². The predicted octanol–water partition coefficient (Wildman–Crippen LogP) is 4.53. The van der Waals surface area contributed by atoms with Crippen LogP contribution in [0.4, 0.5) is 9.18 Å². The molecule has 1 aromatic heterocycles. The largest absolute Gasteiger partial charge is 0.497 e. The zero-order valence-electron chi connectivity index (χ0n) is 30.9. The van der Waals surface area contributed by atoms with Gasteiger partial charge in [0.25, 0.3) is 5.91 Å². The number of halogens is 1. The minimum absolute atomic E-state index is 0.138. The summed E-state index contributed by atoms with van der Waals surface area (Å²) in [7, 11) is -2.53. The second-order valence-corrected chi connectivity index (χ2v) is 18.3. The van der Waals surface area contributed by atoms with Crippen molar-refractivity contribution in [1.29, 1.82) is 0 Å². The molecular weight excluding hydrogens is 722 g/mol. The fraction of sp³-hybridized carbons (Fsp3) is 0.605. The summed E-state index contributed by atoms with van der Waals surface area (Å²) in [5, 5.41) is 15.4. The first-order chi connectivity index (χ1) is 25.5. The highest BCUT2D eigenvalue weighted by atomic mass is 32.2. The van der Waals surface area contributed by atoms with Crippen molar-refractivity contribution in [3.63, 3.8) is 0 Å². The summed E-state index contributed by atoms with van der Waals surface area (Å²) >= 11 is 0. The van der Waals surface area contributed by atoms with E-state index in [2.05, 4.69) is 15.4 Å². The van der Waals surface area contributed by atoms with E-state index in [4.69, 9.17) is 14.5 Å². The van der Waals surface area contributed by atoms with Crippen LogP contribution in [0.3, 0.4) is 0 Å². The molecule has 54 heavy (non-hydrogen) atoms. The van der Waals surface area contributed by atoms with Gasteiger partial charge in [0.2, 0.25) is 21.8 Å². The Kier molecular flexibility index (Phi) is 9.58. The summed E-state index contributed by atoms with van der Waals surface area (Å²) < 4.78 is 56.5. The quantitative estimate of drug-likeness (QED) is 0.304. The summed E-state index contributed by atoms with van der Waals surface area (Å²) in [5.41, 5.74) is -1.67. The highest BCUT2D eigenvalue weighted by Gasteiger charge is 2.64. The summed E-state index contributed by atoms with van der Waals surface area (Å²) in [5.74, 6) is -2.25. The molecule has 0 bridgehead atoms. The van der Waals surface area contributed by atoms with Gasteiger partial charge in [-0.1, -0.05) is 38.8 Å². The van der Waals surface area contributed by atoms with E-state index in [9.17, 15) is 32.7 Å². The van der Waals surface area contributed by atoms with Crippen molar-refractivity contribution >= 4 is 44.7 Å². The zero-order valence-corrected chi connectivity index (χ0v) is 31.8. The van der Waals surface area contributed by atoms with E-state index >= 15 is 4.39 Å². The number of fused-ring (bicyclic) bond motifs is 5. The molecule has 7 rings (SSSR count). The van der Waals surface area contributed by atoms with Crippen LogP contribution in [0.25, 0.3) is 10.9 Å². The summed E-state index contributed by atoms with van der Waals surface area (Å²) in [4.78, 5) is 60.8. The van der Waals surface area contributed by atoms with Gasteiger partial charge in [0.05, 0.1) is 29.6 Å². The maximum absolute atomic E-state index is 16.9. The van der Waals surface area contributed by atoms with Crippen LogP contribution in [0.15, 0.2) is 30.4 Å². The summed E-state index contributed by atoms with van der Waals surface area (Å²) in [6.45, 7) is 5.12. The minimum Gasteiger partial charge on any atom is -0.497 e. The number of aromatic nitrogens is 1. The number of sulfonamides is 1. The number of pyridine rings is 1. The zero-order chi connectivity index (χ0) is 38.8. The molecule has 2 aliphatic carbocycles. The number of carboxylic acid groups (broad SMARTS) is 1. The molecule has 1 aromatic carbocycles. The Bertz CT molecular complexity index is 2040. The molecule has 1 saturated heterocycles. The van der Waals surface area contributed by atoms with E-state index in [1.165, 1.54) is 12.0 Å². The van der Waals surface area contributed by atoms with Crippen LogP contribution in [-0.4, -0.2) is 88.8 Å². The Morgan fingerprint density at radius 1 is 1.15 bits per heavy atom. The number of benzene rings is 1. The van der Waals surface area contributed by atoms with Crippen LogP contribution in [0.1, 0.15) is 108 Å². The predicted molar refractivity (Wildman–Crippen MR) is 195 cm³/mol. The van der Waals surface area contributed by atoms with Gasteiger partial charge in [0, 0.05) is 29.7 Å². The number of hydrogen-bond acceptors (Lipinski definition) is 9. The van der Waals surface area contributed by atoms with Crippen molar-refractivity contribution < 1.29 is 46.6 Å². The van der Waals surface area contributed by atoms with Crippen LogP contribution in [0.5, 0.6) is 11.5 Å². The van der Waals surface area contributed by atoms with Crippen LogP contribution in [-0.2, 0) is 24.4 Å². The second-order valence-electron chi connectivity index (χ2n) is 16.1. The number of carbonyl (C=O) groups excluding carboxylic acids is 3. The molecule has 1 spiro atoms. The maximum atomic E-state index is 16.9. The lowest BCUT2D eigenvalue weighted by atomic mass is 9.85. The number of rotatable bonds is 6. The molecule has 16 heteroatoms. The number of carbonyl (C=O) groups is 4. The Labute approximate surface area is 313 Å². The van der Waals surface area contributed by atoms with Crippen molar-refractivity contribution in [3.8, 4) is 11.5 Å². The summed E-state index contributed by atoms with van der Waals surface area (Å²) in [6.07, 6.45) is 3.97. The van der Waals surface area contributed by atoms with Gasteiger partial charge >= 0.3 is 6.09 Å². The van der Waals surface area contributed by atoms with Gasteiger partial charge in [-0.05, 0) is 69.6 Å². The molecule has 14 nitrogen and oxygen atoms in total. The molecule has 3 fully saturated rings. The molecule has 2 aromatic rings. The third-order valence-corrected chi connectivity index (χ3v) is 14.0. The molecule has 5 aliphatic rings. The molecule has 2 saturated carbocycles. The molecule has 292 valence electrons. The van der Waals surface area contributed by atoms with Crippen molar-refractivity contribution in [2.75, 3.05) is 13.7 Å². The van der Waals surface area contributed by atoms with Gasteiger partial charge in [0.15, 0.2) is 0 Å². The third-order valence-electron chi connectivity index (χ3n) is 11.9. The Hall–Kier alpha value is -4.47. The second kappa shape index (κ2) is 13.7. The monoisotopic (exact) mass is 769 g/mol. The highest BCUT2D eigenvalue weighted by Crippen LogP contribution is 2.52. The van der Waals surface area contributed by atoms with E-state index in [-0.39, 0.29) is 43.9 Å². The standard InChI is InChI=1S/C38H48FN5O9S/c1-21(2)30-31-29(24-16-23(52-4)12-13-26(24)40-30)25(39)18-37(53-31)19-28-32(45)42-38(34(47)43-54(50,51)36(3)14-15-36)17-22(38)10-8-6-5-7-9-11-27(41-35(48)49)33(46)44(28)20-37/h8,10,12-13,16,21-22,25,27-28,41H,5-7,9,11,14-15,17-20H2,1-4H3,(H,42,45)(H,43,47)(H,48,49)/t22-,25-,27+,28+,37-,38-/m1/s1. The number of allylic oxidation sites excluding steroid dienone is 1. The average molecular weight is 770 g/mol. The smallest absolute Gasteiger partial charge is 0.405 e. The van der Waals surface area contributed by atoms with E-state index < -0.39 is 73.9 Å². The minimum atomic E-state index is -4.04. The Balaban J connectivity index is 1.28.